The van der Waals surface area contributed by atoms with Crippen molar-refractivity contribution in [2.45, 2.75) is 211 Å². The van der Waals surface area contributed by atoms with Gasteiger partial charge in [-0.25, -0.2) is 13.9 Å². The smallest absolute Gasteiger partial charge is 0.462 e. The minimum absolute atomic E-state index is 0.0157. The topological polar surface area (TPSA) is 283 Å². The molecule has 1 aliphatic heterocycles. The van der Waals surface area contributed by atoms with Gasteiger partial charge in [0.15, 0.2) is 18.1 Å². The normalized spacial score (nSPS) is 19.3. The highest BCUT2D eigenvalue weighted by molar-refractivity contribution is 7.61. The van der Waals surface area contributed by atoms with Crippen LogP contribution in [0.1, 0.15) is 187 Å². The van der Waals surface area contributed by atoms with E-state index >= 15 is 0 Å². The number of aliphatic hydroxyl groups is 2. The number of aliphatic hydroxyl groups excluding tert-OH is 2. The van der Waals surface area contributed by atoms with Gasteiger partial charge >= 0.3 is 33.3 Å². The van der Waals surface area contributed by atoms with E-state index in [1.165, 1.54) is 31.7 Å². The Morgan fingerprint density at radius 3 is 1.84 bits per heavy atom. The highest BCUT2D eigenvalue weighted by atomic mass is 31.3. The van der Waals surface area contributed by atoms with Crippen molar-refractivity contribution in [3.05, 3.63) is 83.5 Å². The molecule has 6 N–H and O–H groups in total. The van der Waals surface area contributed by atoms with Gasteiger partial charge in [0.1, 0.15) is 30.7 Å². The number of carbonyl (C=O) groups is 3. The first-order valence-corrected chi connectivity index (χ1v) is 29.7. The molecule has 0 aliphatic carbocycles. The number of rotatable bonds is 44. The Balaban J connectivity index is 1.80. The summed E-state index contributed by atoms with van der Waals surface area (Å²) in [5.74, 6) is -1.25. The molecule has 420 valence electrons. The minimum Gasteiger partial charge on any atom is -0.462 e. The maximum Gasteiger partial charge on any atom is 0.481 e. The Morgan fingerprint density at radius 2 is 1.22 bits per heavy atom. The fourth-order valence-corrected chi connectivity index (χ4v) is 9.71. The zero-order chi connectivity index (χ0) is 54.3. The summed E-state index contributed by atoms with van der Waals surface area (Å²) < 4.78 is 56.8. The largest absolute Gasteiger partial charge is 0.481 e. The molecular weight excluding hydrogens is 997 g/mol. The summed E-state index contributed by atoms with van der Waals surface area (Å²) in [6.45, 7) is 1.94. The van der Waals surface area contributed by atoms with E-state index in [1.807, 2.05) is 12.2 Å². The first-order chi connectivity index (χ1) is 35.6. The molecule has 2 unspecified atom stereocenters. The van der Waals surface area contributed by atoms with Crippen molar-refractivity contribution in [1.82, 2.24) is 9.55 Å². The van der Waals surface area contributed by atoms with Gasteiger partial charge in [0.2, 0.25) is 0 Å². The lowest BCUT2D eigenvalue weighted by Crippen LogP contribution is -2.36. The lowest BCUT2D eigenvalue weighted by atomic mass is 10.1. The van der Waals surface area contributed by atoms with Gasteiger partial charge in [-0.15, -0.1) is 0 Å². The quantitative estimate of drug-likeness (QED) is 0.0101. The van der Waals surface area contributed by atoms with E-state index in [0.29, 0.717) is 19.3 Å². The standard InChI is InChI=1S/C53H87N3O16P2/c1-3-5-7-8-9-10-11-12-13-14-15-16-17-18-19-20-23-27-30-34-38-49(59)70-45(41-67-48(58)37-33-29-26-24-21-22-25-28-32-36-44(57)35-31-6-4-2)42-68-73(63,64)72-74(65,66)69-43-46-50(60)51(61)52(71-46)56-40-39-47(54)55-53(56)62/h10-11,13-14,16-17,25,28,32,36,39-40,45-46,50-52,60-61H,3-9,12,15,18-24,26-27,29-31,33-35,37-38,41-43H2,1-2H3,(H,63,64)(H,65,66)(H2,54,55,62)/b11-10-,14-13-,17-16-,28-25-,36-32+/t45-,46-,50-,51-,52-/m1/s1. The number of aromatic nitrogens is 2. The molecule has 0 amide bonds. The number of nitrogens with zero attached hydrogens (tertiary/aromatic N) is 2. The fraction of sp³-hybridized carbons (Fsp3) is 0.679. The van der Waals surface area contributed by atoms with Crippen molar-refractivity contribution in [1.29, 1.82) is 0 Å². The van der Waals surface area contributed by atoms with E-state index in [4.69, 9.17) is 29.0 Å². The van der Waals surface area contributed by atoms with Gasteiger partial charge in [0, 0.05) is 25.5 Å². The molecule has 0 spiro atoms. The van der Waals surface area contributed by atoms with Gasteiger partial charge in [-0.2, -0.15) is 9.29 Å². The van der Waals surface area contributed by atoms with Crippen molar-refractivity contribution in [2.24, 2.45) is 0 Å². The number of phosphoric ester groups is 2. The number of unbranched alkanes of at least 4 members (excludes halogenated alkanes) is 17. The predicted octanol–water partition coefficient (Wildman–Crippen LogP) is 10.7. The molecule has 1 aliphatic rings. The number of nitrogen functional groups attached to an aromatic ring is 1. The van der Waals surface area contributed by atoms with Gasteiger partial charge in [-0.1, -0.05) is 146 Å². The number of carbonyl (C=O) groups excluding carboxylic acids is 3. The van der Waals surface area contributed by atoms with Crippen molar-refractivity contribution in [2.75, 3.05) is 25.6 Å². The minimum atomic E-state index is -5.45. The number of anilines is 1. The zero-order valence-electron chi connectivity index (χ0n) is 43.9. The van der Waals surface area contributed by atoms with Crippen molar-refractivity contribution in [3.8, 4) is 0 Å². The maximum absolute atomic E-state index is 12.9. The molecule has 1 fully saturated rings. The second kappa shape index (κ2) is 40.4. The van der Waals surface area contributed by atoms with Gasteiger partial charge in [0.25, 0.3) is 0 Å². The van der Waals surface area contributed by atoms with Gasteiger partial charge in [-0.3, -0.25) is 28.0 Å². The van der Waals surface area contributed by atoms with Crippen LogP contribution in [0, 0.1) is 0 Å². The first-order valence-electron chi connectivity index (χ1n) is 26.8. The number of ether oxygens (including phenoxy) is 3. The van der Waals surface area contributed by atoms with E-state index in [1.54, 1.807) is 12.2 Å². The van der Waals surface area contributed by atoms with Gasteiger partial charge in [0.05, 0.1) is 13.2 Å². The fourth-order valence-electron chi connectivity index (χ4n) is 7.60. The lowest BCUT2D eigenvalue weighted by Gasteiger charge is -2.21. The van der Waals surface area contributed by atoms with Crippen LogP contribution in [0.3, 0.4) is 0 Å². The second-order valence-electron chi connectivity index (χ2n) is 18.4. The molecule has 7 atom stereocenters. The molecule has 1 saturated heterocycles. The second-order valence-corrected chi connectivity index (χ2v) is 21.4. The predicted molar refractivity (Wildman–Crippen MR) is 284 cm³/mol. The first kappa shape index (κ1) is 66.2. The monoisotopic (exact) mass is 1080 g/mol. The molecule has 0 saturated carbocycles. The Morgan fingerprint density at radius 1 is 0.689 bits per heavy atom. The Kier molecular flexibility index (Phi) is 36.2. The highest BCUT2D eigenvalue weighted by Gasteiger charge is 2.46. The van der Waals surface area contributed by atoms with Crippen LogP contribution in [0.4, 0.5) is 5.82 Å². The third kappa shape index (κ3) is 32.5. The Bertz CT molecular complexity index is 2040. The number of nitrogens with two attached hydrogens (primary N) is 1. The molecule has 0 radical (unpaired) electrons. The van der Waals surface area contributed by atoms with Crippen LogP contribution < -0.4 is 11.4 Å². The molecule has 2 rings (SSSR count). The highest BCUT2D eigenvalue weighted by Crippen LogP contribution is 2.60. The molecule has 0 bridgehead atoms. The number of esters is 2. The lowest BCUT2D eigenvalue weighted by molar-refractivity contribution is -0.161. The SMILES string of the molecule is CCCCCC/C=C\C/C=C\C/C=C\CCCCCCCCC(=O)O[C@H](COC(=O)CCCCCCC/C=C\C=C\C(=O)CCCCC)COP(=O)(O)OP(=O)(O)OC[C@H]1O[C@@H](n2ccc(N)nc2=O)[C@H](O)[C@@H]1O. The molecule has 1 aromatic heterocycles. The number of hydrogen-bond acceptors (Lipinski definition) is 16. The molecule has 1 aromatic rings. The molecule has 19 nitrogen and oxygen atoms in total. The average Bonchev–Trinajstić information content (AvgIpc) is 3.63. The molecular formula is C53H87N3O16P2. The van der Waals surface area contributed by atoms with Crippen molar-refractivity contribution < 1.29 is 71.1 Å². The van der Waals surface area contributed by atoms with Gasteiger partial charge in [-0.05, 0) is 82.8 Å². The van der Waals surface area contributed by atoms with E-state index in [-0.39, 0.29) is 24.4 Å². The van der Waals surface area contributed by atoms with Crippen LogP contribution in [-0.2, 0) is 51.1 Å². The number of allylic oxidation sites excluding steroid dienone is 10. The van der Waals surface area contributed by atoms with Crippen molar-refractivity contribution >= 4 is 39.2 Å². The van der Waals surface area contributed by atoms with Crippen LogP contribution >= 0.6 is 15.6 Å². The summed E-state index contributed by atoms with van der Waals surface area (Å²) in [6, 6.07) is 1.24. The molecule has 21 heteroatoms. The maximum atomic E-state index is 12.9. The summed E-state index contributed by atoms with van der Waals surface area (Å²) in [5, 5.41) is 20.9. The van der Waals surface area contributed by atoms with E-state index in [9.17, 15) is 48.3 Å². The van der Waals surface area contributed by atoms with Crippen LogP contribution in [0.5, 0.6) is 0 Å². The number of ketones is 1. The van der Waals surface area contributed by atoms with E-state index < -0.39 is 83.7 Å². The van der Waals surface area contributed by atoms with Crippen LogP contribution in [-0.4, -0.2) is 91.5 Å². The molecule has 74 heavy (non-hydrogen) atoms. The number of hydrogen-bond donors (Lipinski definition) is 5. The number of phosphoric acid groups is 2. The van der Waals surface area contributed by atoms with Crippen LogP contribution in [0.15, 0.2) is 77.8 Å². The molecule has 0 aromatic carbocycles. The summed E-state index contributed by atoms with van der Waals surface area (Å²) in [5.41, 5.74) is 4.58. The third-order valence-corrected chi connectivity index (χ3v) is 14.4. The average molecular weight is 1080 g/mol. The van der Waals surface area contributed by atoms with Crippen LogP contribution in [0.2, 0.25) is 0 Å². The van der Waals surface area contributed by atoms with Gasteiger partial charge < -0.3 is 39.9 Å². The summed E-state index contributed by atoms with van der Waals surface area (Å²) in [4.78, 5) is 73.8. The van der Waals surface area contributed by atoms with Crippen LogP contribution in [0.25, 0.3) is 0 Å². The molecule has 2 heterocycles. The summed E-state index contributed by atoms with van der Waals surface area (Å²) in [6.07, 6.45) is 37.0. The third-order valence-electron chi connectivity index (χ3n) is 11.8. The van der Waals surface area contributed by atoms with E-state index in [2.05, 4.69) is 59.6 Å². The van der Waals surface area contributed by atoms with E-state index in [0.717, 1.165) is 120 Å². The summed E-state index contributed by atoms with van der Waals surface area (Å²) >= 11 is 0. The Labute approximate surface area is 438 Å². The Hall–Kier alpha value is -3.87. The zero-order valence-corrected chi connectivity index (χ0v) is 45.7. The van der Waals surface area contributed by atoms with Crippen molar-refractivity contribution in [3.63, 3.8) is 0 Å². The summed E-state index contributed by atoms with van der Waals surface area (Å²) in [7, 11) is -10.9.